The molecule has 6 nitrogen and oxygen atoms in total. The molecule has 0 saturated carbocycles. The van der Waals surface area contributed by atoms with Gasteiger partial charge in [-0.2, -0.15) is 0 Å². The summed E-state index contributed by atoms with van der Waals surface area (Å²) in [7, 11) is 0. The third-order valence-corrected chi connectivity index (χ3v) is 5.35. The molecule has 0 unspecified atom stereocenters. The molecule has 2 N–H and O–H groups in total. The smallest absolute Gasteiger partial charge is 0.277 e. The van der Waals surface area contributed by atoms with Crippen molar-refractivity contribution in [2.75, 3.05) is 12.3 Å². The van der Waals surface area contributed by atoms with Crippen LogP contribution in [-0.4, -0.2) is 33.4 Å². The van der Waals surface area contributed by atoms with Gasteiger partial charge in [0.05, 0.1) is 11.3 Å². The van der Waals surface area contributed by atoms with E-state index in [0.717, 1.165) is 22.9 Å². The minimum Gasteiger partial charge on any atom is -0.411 e. The summed E-state index contributed by atoms with van der Waals surface area (Å²) in [6.45, 7) is 2.68. The standard InChI is InChI=1S/C21H20N4O2S/c1-14-6-2-3-7-15(14)10-11-22-19(26)13-28-21-25-24-20(27-21)17-12-23-18-9-5-4-8-16(17)18/h2-9,12,23H,10-11,13H2,1H3,(H,22,26). The lowest BCUT2D eigenvalue weighted by Gasteiger charge is -2.06. The topological polar surface area (TPSA) is 83.8 Å². The number of rotatable bonds is 7. The van der Waals surface area contributed by atoms with Gasteiger partial charge in [0.25, 0.3) is 11.1 Å². The second-order valence-corrected chi connectivity index (χ2v) is 7.36. The summed E-state index contributed by atoms with van der Waals surface area (Å²) in [6.07, 6.45) is 2.67. The number of carbonyl (C=O) groups is 1. The van der Waals surface area contributed by atoms with Crippen LogP contribution in [0.15, 0.2) is 64.4 Å². The van der Waals surface area contributed by atoms with Gasteiger partial charge < -0.3 is 14.7 Å². The van der Waals surface area contributed by atoms with Crippen LogP contribution in [0, 0.1) is 6.92 Å². The monoisotopic (exact) mass is 392 g/mol. The number of aromatic nitrogens is 3. The Morgan fingerprint density at radius 1 is 1.14 bits per heavy atom. The van der Waals surface area contributed by atoms with E-state index < -0.39 is 0 Å². The first-order valence-corrected chi connectivity index (χ1v) is 10.0. The first-order chi connectivity index (χ1) is 13.7. The Labute approximate surface area is 166 Å². The number of benzene rings is 2. The molecule has 0 aliphatic carbocycles. The number of amides is 1. The summed E-state index contributed by atoms with van der Waals surface area (Å²) >= 11 is 1.24. The highest BCUT2D eigenvalue weighted by atomic mass is 32.2. The summed E-state index contributed by atoms with van der Waals surface area (Å²) in [5, 5.41) is 12.5. The fraction of sp³-hybridized carbons (Fsp3) is 0.190. The highest BCUT2D eigenvalue weighted by Gasteiger charge is 2.14. The zero-order chi connectivity index (χ0) is 19.3. The molecule has 0 aliphatic rings. The molecule has 2 aromatic carbocycles. The summed E-state index contributed by atoms with van der Waals surface area (Å²) < 4.78 is 5.72. The Morgan fingerprint density at radius 3 is 2.86 bits per heavy atom. The zero-order valence-electron chi connectivity index (χ0n) is 15.4. The van der Waals surface area contributed by atoms with Crippen molar-refractivity contribution in [3.05, 3.63) is 65.9 Å². The minimum absolute atomic E-state index is 0.0505. The van der Waals surface area contributed by atoms with Crippen molar-refractivity contribution >= 4 is 28.6 Å². The number of carbonyl (C=O) groups excluding carboxylic acids is 1. The molecule has 0 radical (unpaired) electrons. The van der Waals surface area contributed by atoms with Gasteiger partial charge in [0.2, 0.25) is 5.91 Å². The van der Waals surface area contributed by atoms with Crippen molar-refractivity contribution < 1.29 is 9.21 Å². The van der Waals surface area contributed by atoms with E-state index in [1.54, 1.807) is 0 Å². The maximum absolute atomic E-state index is 12.1. The molecule has 0 saturated heterocycles. The van der Waals surface area contributed by atoms with Crippen molar-refractivity contribution in [3.8, 4) is 11.5 Å². The number of thioether (sulfide) groups is 1. The second-order valence-electron chi connectivity index (χ2n) is 6.44. The maximum atomic E-state index is 12.1. The lowest BCUT2D eigenvalue weighted by atomic mass is 10.1. The molecule has 0 bridgehead atoms. The van der Waals surface area contributed by atoms with Gasteiger partial charge in [-0.25, -0.2) is 0 Å². The minimum atomic E-state index is -0.0505. The molecule has 28 heavy (non-hydrogen) atoms. The molecule has 7 heteroatoms. The highest BCUT2D eigenvalue weighted by molar-refractivity contribution is 7.99. The van der Waals surface area contributed by atoms with E-state index in [1.165, 1.54) is 22.9 Å². The molecule has 1 amide bonds. The van der Waals surface area contributed by atoms with Crippen LogP contribution in [0.1, 0.15) is 11.1 Å². The van der Waals surface area contributed by atoms with Crippen LogP contribution in [0.3, 0.4) is 0 Å². The number of para-hydroxylation sites is 1. The van der Waals surface area contributed by atoms with Crippen LogP contribution >= 0.6 is 11.8 Å². The Hall–Kier alpha value is -3.06. The van der Waals surface area contributed by atoms with E-state index in [0.29, 0.717) is 17.7 Å². The molecule has 4 rings (SSSR count). The third kappa shape index (κ3) is 4.09. The average Bonchev–Trinajstić information content (AvgIpc) is 3.34. The molecule has 0 aliphatic heterocycles. The number of H-pyrrole nitrogens is 1. The second kappa shape index (κ2) is 8.31. The molecular weight excluding hydrogens is 372 g/mol. The van der Waals surface area contributed by atoms with Gasteiger partial charge in [-0.3, -0.25) is 4.79 Å². The molecule has 0 fully saturated rings. The molecule has 0 atom stereocenters. The molecule has 4 aromatic rings. The molecule has 0 spiro atoms. The Bertz CT molecular complexity index is 1100. The Balaban J connectivity index is 1.30. The van der Waals surface area contributed by atoms with Gasteiger partial charge >= 0.3 is 0 Å². The number of aromatic amines is 1. The zero-order valence-corrected chi connectivity index (χ0v) is 16.3. The Kier molecular flexibility index (Phi) is 5.43. The number of fused-ring (bicyclic) bond motifs is 1. The quantitative estimate of drug-likeness (QED) is 0.465. The molecule has 2 heterocycles. The van der Waals surface area contributed by atoms with E-state index in [1.807, 2.05) is 42.6 Å². The Morgan fingerprint density at radius 2 is 1.96 bits per heavy atom. The highest BCUT2D eigenvalue weighted by Crippen LogP contribution is 2.29. The fourth-order valence-corrected chi connectivity index (χ4v) is 3.62. The van der Waals surface area contributed by atoms with Gasteiger partial charge in [0.15, 0.2) is 0 Å². The van der Waals surface area contributed by atoms with Crippen molar-refractivity contribution in [1.82, 2.24) is 20.5 Å². The van der Waals surface area contributed by atoms with Crippen LogP contribution in [0.25, 0.3) is 22.4 Å². The number of aryl methyl sites for hydroxylation is 1. The van der Waals surface area contributed by atoms with Crippen molar-refractivity contribution in [3.63, 3.8) is 0 Å². The van der Waals surface area contributed by atoms with E-state index in [2.05, 4.69) is 39.6 Å². The van der Waals surface area contributed by atoms with Crippen LogP contribution in [0.5, 0.6) is 0 Å². The summed E-state index contributed by atoms with van der Waals surface area (Å²) in [5.74, 6) is 0.633. The largest absolute Gasteiger partial charge is 0.411 e. The van der Waals surface area contributed by atoms with E-state index in [9.17, 15) is 4.79 Å². The van der Waals surface area contributed by atoms with Gasteiger partial charge in [-0.15, -0.1) is 10.2 Å². The number of hydrogen-bond donors (Lipinski definition) is 2. The first kappa shape index (κ1) is 18.3. The number of nitrogens with one attached hydrogen (secondary N) is 2. The maximum Gasteiger partial charge on any atom is 0.277 e. The van der Waals surface area contributed by atoms with Gasteiger partial charge in [0, 0.05) is 23.6 Å². The van der Waals surface area contributed by atoms with Gasteiger partial charge in [0.1, 0.15) is 0 Å². The van der Waals surface area contributed by atoms with Crippen molar-refractivity contribution in [2.24, 2.45) is 0 Å². The normalized spacial score (nSPS) is 11.0. The van der Waals surface area contributed by atoms with Gasteiger partial charge in [-0.1, -0.05) is 54.2 Å². The average molecular weight is 392 g/mol. The fourth-order valence-electron chi connectivity index (χ4n) is 3.03. The first-order valence-electron chi connectivity index (χ1n) is 9.05. The van der Waals surface area contributed by atoms with Crippen LogP contribution < -0.4 is 5.32 Å². The predicted octanol–water partition coefficient (Wildman–Crippen LogP) is 3.98. The lowest BCUT2D eigenvalue weighted by Crippen LogP contribution is -2.27. The molecule has 142 valence electrons. The number of hydrogen-bond acceptors (Lipinski definition) is 5. The third-order valence-electron chi connectivity index (χ3n) is 4.53. The summed E-state index contributed by atoms with van der Waals surface area (Å²) in [6, 6.07) is 16.1. The summed E-state index contributed by atoms with van der Waals surface area (Å²) in [4.78, 5) is 15.3. The number of nitrogens with zero attached hydrogens (tertiary/aromatic N) is 2. The summed E-state index contributed by atoms with van der Waals surface area (Å²) in [5.41, 5.74) is 4.35. The van der Waals surface area contributed by atoms with E-state index in [-0.39, 0.29) is 11.7 Å². The van der Waals surface area contributed by atoms with Crippen LogP contribution in [0.2, 0.25) is 0 Å². The lowest BCUT2D eigenvalue weighted by molar-refractivity contribution is -0.118. The predicted molar refractivity (Wildman–Crippen MR) is 110 cm³/mol. The van der Waals surface area contributed by atoms with Crippen molar-refractivity contribution in [2.45, 2.75) is 18.6 Å². The van der Waals surface area contributed by atoms with E-state index in [4.69, 9.17) is 4.42 Å². The van der Waals surface area contributed by atoms with Crippen LogP contribution in [0.4, 0.5) is 0 Å². The molecule has 2 aromatic heterocycles. The SMILES string of the molecule is Cc1ccccc1CCNC(=O)CSc1nnc(-c2c[nH]c3ccccc23)o1. The molecular formula is C21H20N4O2S. The van der Waals surface area contributed by atoms with E-state index >= 15 is 0 Å². The van der Waals surface area contributed by atoms with Crippen molar-refractivity contribution in [1.29, 1.82) is 0 Å². The van der Waals surface area contributed by atoms with Gasteiger partial charge in [-0.05, 0) is 30.5 Å². The van der Waals surface area contributed by atoms with Crippen LogP contribution in [-0.2, 0) is 11.2 Å².